The zero-order valence-electron chi connectivity index (χ0n) is 16.6. The van der Waals surface area contributed by atoms with Gasteiger partial charge in [-0.1, -0.05) is 36.4 Å². The van der Waals surface area contributed by atoms with Crippen LogP contribution >= 0.6 is 11.3 Å². The summed E-state index contributed by atoms with van der Waals surface area (Å²) in [5.41, 5.74) is 6.89. The Balaban J connectivity index is 1.39. The molecule has 5 aromatic rings. The fraction of sp³-hybridized carbons (Fsp3) is 0.0400. The molecule has 3 aromatic carbocycles. The normalized spacial score (nSPS) is 12.0. The lowest BCUT2D eigenvalue weighted by Gasteiger charge is -2.03. The quantitative estimate of drug-likeness (QED) is 0.190. The van der Waals surface area contributed by atoms with E-state index in [9.17, 15) is 14.9 Å². The van der Waals surface area contributed by atoms with Crippen LogP contribution in [-0.4, -0.2) is 9.91 Å². The van der Waals surface area contributed by atoms with Crippen LogP contribution in [0.5, 0.6) is 0 Å². The minimum atomic E-state index is -0.517. The molecule has 6 rings (SSSR count). The molecule has 0 aliphatic heterocycles. The van der Waals surface area contributed by atoms with Gasteiger partial charge in [-0.25, -0.2) is 9.78 Å². The predicted octanol–water partition coefficient (Wildman–Crippen LogP) is 6.06. The highest BCUT2D eigenvalue weighted by atomic mass is 32.1. The summed E-state index contributed by atoms with van der Waals surface area (Å²) in [7, 11) is 0. The van der Waals surface area contributed by atoms with E-state index in [4.69, 9.17) is 4.42 Å². The molecule has 1 aliphatic carbocycles. The van der Waals surface area contributed by atoms with Gasteiger partial charge in [-0.3, -0.25) is 10.1 Å². The number of non-ortho nitro benzene ring substituents is 1. The van der Waals surface area contributed by atoms with E-state index in [0.717, 1.165) is 17.7 Å². The third-order valence-corrected chi connectivity index (χ3v) is 6.63. The average Bonchev–Trinajstić information content (AvgIpc) is 3.42. The molecule has 0 radical (unpaired) electrons. The first-order valence-corrected chi connectivity index (χ1v) is 10.8. The van der Waals surface area contributed by atoms with Gasteiger partial charge in [-0.05, 0) is 46.9 Å². The van der Waals surface area contributed by atoms with E-state index < -0.39 is 10.5 Å². The lowest BCUT2D eigenvalue weighted by atomic mass is 10.0. The molecular weight excluding hydrogens is 424 g/mol. The summed E-state index contributed by atoms with van der Waals surface area (Å²) in [6.45, 7) is 0. The minimum Gasteiger partial charge on any atom is -0.422 e. The predicted molar refractivity (Wildman–Crippen MR) is 124 cm³/mol. The third kappa shape index (κ3) is 2.94. The molecule has 0 saturated heterocycles. The van der Waals surface area contributed by atoms with Crippen LogP contribution in [0.4, 0.5) is 5.69 Å². The second-order valence-corrected chi connectivity index (χ2v) is 8.53. The summed E-state index contributed by atoms with van der Waals surface area (Å²) in [6, 6.07) is 20.5. The summed E-state index contributed by atoms with van der Waals surface area (Å²) < 4.78 is 5.38. The fourth-order valence-corrected chi connectivity index (χ4v) is 5.04. The van der Waals surface area contributed by atoms with Crippen LogP contribution in [0.3, 0.4) is 0 Å². The Morgan fingerprint density at radius 3 is 2.66 bits per heavy atom. The van der Waals surface area contributed by atoms with Crippen LogP contribution in [0.15, 0.2) is 81.3 Å². The number of aromatic nitrogens is 1. The van der Waals surface area contributed by atoms with Gasteiger partial charge in [-0.15, -0.1) is 11.3 Å². The van der Waals surface area contributed by atoms with Crippen LogP contribution < -0.4 is 5.63 Å². The standard InChI is InChI=1S/C25H14N2O4S/c28-25-21(12-17-11-18(27(29)30)6-8-23(17)31-25)24-26-22(13-32-24)15-5-7-20-16(10-15)9-14-3-1-2-4-19(14)20/h1-8,10-13H,9H2. The molecule has 0 atom stereocenters. The van der Waals surface area contributed by atoms with Crippen molar-refractivity contribution in [2.45, 2.75) is 6.42 Å². The van der Waals surface area contributed by atoms with Crippen LogP contribution in [0.2, 0.25) is 0 Å². The van der Waals surface area contributed by atoms with E-state index in [1.807, 2.05) is 11.4 Å². The van der Waals surface area contributed by atoms with Crippen molar-refractivity contribution >= 4 is 28.0 Å². The van der Waals surface area contributed by atoms with Crippen molar-refractivity contribution in [3.8, 4) is 33.0 Å². The van der Waals surface area contributed by atoms with Crippen molar-refractivity contribution in [1.29, 1.82) is 0 Å². The van der Waals surface area contributed by atoms with Crippen LogP contribution in [0, 0.1) is 10.1 Å². The van der Waals surface area contributed by atoms with E-state index >= 15 is 0 Å². The van der Waals surface area contributed by atoms with E-state index in [1.54, 1.807) is 6.07 Å². The largest absolute Gasteiger partial charge is 0.422 e. The molecule has 0 unspecified atom stereocenters. The number of rotatable bonds is 3. The number of nitro benzene ring substituents is 1. The Labute approximate surface area is 185 Å². The van der Waals surface area contributed by atoms with Gasteiger partial charge in [0.05, 0.1) is 16.2 Å². The second kappa shape index (κ2) is 6.96. The first-order chi connectivity index (χ1) is 15.6. The van der Waals surface area contributed by atoms with Gasteiger partial charge in [0.1, 0.15) is 10.6 Å². The third-order valence-electron chi connectivity index (χ3n) is 5.75. The lowest BCUT2D eigenvalue weighted by Crippen LogP contribution is -2.02. The maximum absolute atomic E-state index is 12.5. The maximum atomic E-state index is 12.5. The zero-order valence-corrected chi connectivity index (χ0v) is 17.4. The number of hydrogen-bond acceptors (Lipinski definition) is 6. The molecule has 154 valence electrons. The van der Waals surface area contributed by atoms with E-state index in [0.29, 0.717) is 21.5 Å². The van der Waals surface area contributed by atoms with E-state index in [1.165, 1.54) is 51.8 Å². The monoisotopic (exact) mass is 438 g/mol. The van der Waals surface area contributed by atoms with Crippen molar-refractivity contribution in [2.75, 3.05) is 0 Å². The Hall–Kier alpha value is -4.10. The van der Waals surface area contributed by atoms with Crippen molar-refractivity contribution in [3.63, 3.8) is 0 Å². The van der Waals surface area contributed by atoms with E-state index in [-0.39, 0.29) is 5.69 Å². The summed E-state index contributed by atoms with van der Waals surface area (Å²) in [5.74, 6) is 0. The molecule has 7 heteroatoms. The molecule has 1 aliphatic rings. The molecule has 6 nitrogen and oxygen atoms in total. The smallest absolute Gasteiger partial charge is 0.346 e. The van der Waals surface area contributed by atoms with Gasteiger partial charge in [0.25, 0.3) is 5.69 Å². The highest BCUT2D eigenvalue weighted by molar-refractivity contribution is 7.13. The van der Waals surface area contributed by atoms with E-state index in [2.05, 4.69) is 41.4 Å². The van der Waals surface area contributed by atoms with Crippen LogP contribution in [0.1, 0.15) is 11.1 Å². The SMILES string of the molecule is O=c1oc2ccc([N+](=O)[O-])cc2cc1-c1nc(-c2ccc3c(c2)Cc2ccccc2-3)cs1. The average molecular weight is 438 g/mol. The number of benzene rings is 3. The van der Waals surface area contributed by atoms with Gasteiger partial charge in [0, 0.05) is 28.5 Å². The highest BCUT2D eigenvalue weighted by Gasteiger charge is 2.19. The van der Waals surface area contributed by atoms with Gasteiger partial charge < -0.3 is 4.42 Å². The second-order valence-electron chi connectivity index (χ2n) is 7.67. The number of hydrogen-bond donors (Lipinski definition) is 0. The van der Waals surface area contributed by atoms with Crippen molar-refractivity contribution < 1.29 is 9.34 Å². The van der Waals surface area contributed by atoms with Crippen molar-refractivity contribution in [1.82, 2.24) is 4.98 Å². The highest BCUT2D eigenvalue weighted by Crippen LogP contribution is 2.39. The Bertz CT molecular complexity index is 1620. The fourth-order valence-electron chi connectivity index (χ4n) is 4.21. The molecule has 0 bridgehead atoms. The topological polar surface area (TPSA) is 86.2 Å². The Morgan fingerprint density at radius 2 is 1.78 bits per heavy atom. The molecule has 2 aromatic heterocycles. The molecule has 2 heterocycles. The molecular formula is C25H14N2O4S. The summed E-state index contributed by atoms with van der Waals surface area (Å²) in [6.07, 6.45) is 0.892. The van der Waals surface area contributed by atoms with Crippen molar-refractivity contribution in [3.05, 3.63) is 104 Å². The van der Waals surface area contributed by atoms with Crippen LogP contribution in [0.25, 0.3) is 43.9 Å². The number of nitro groups is 1. The first kappa shape index (κ1) is 18.7. The van der Waals surface area contributed by atoms with Gasteiger partial charge in [0.2, 0.25) is 0 Å². The number of nitrogens with zero attached hydrogens (tertiary/aromatic N) is 2. The first-order valence-electron chi connectivity index (χ1n) is 9.96. The summed E-state index contributed by atoms with van der Waals surface area (Å²) >= 11 is 1.35. The molecule has 0 amide bonds. The Kier molecular flexibility index (Phi) is 4.06. The van der Waals surface area contributed by atoms with Crippen molar-refractivity contribution in [2.24, 2.45) is 0 Å². The zero-order chi connectivity index (χ0) is 21.8. The van der Waals surface area contributed by atoms with Crippen LogP contribution in [-0.2, 0) is 6.42 Å². The lowest BCUT2D eigenvalue weighted by molar-refractivity contribution is -0.384. The Morgan fingerprint density at radius 1 is 0.938 bits per heavy atom. The molecule has 0 spiro atoms. The summed E-state index contributed by atoms with van der Waals surface area (Å²) in [4.78, 5) is 27.8. The minimum absolute atomic E-state index is 0.0590. The molecule has 0 saturated carbocycles. The molecule has 32 heavy (non-hydrogen) atoms. The maximum Gasteiger partial charge on any atom is 0.346 e. The molecule has 0 fully saturated rings. The molecule has 0 N–H and O–H groups in total. The number of thiazole rings is 1. The number of fused-ring (bicyclic) bond motifs is 4. The van der Waals surface area contributed by atoms with Gasteiger partial charge >= 0.3 is 5.63 Å². The summed E-state index contributed by atoms with van der Waals surface area (Å²) in [5, 5.41) is 14.0. The van der Waals surface area contributed by atoms with Gasteiger partial charge in [0.15, 0.2) is 0 Å². The van der Waals surface area contributed by atoms with Gasteiger partial charge in [-0.2, -0.15) is 0 Å².